The van der Waals surface area contributed by atoms with Gasteiger partial charge in [-0.1, -0.05) is 50.1 Å². The summed E-state index contributed by atoms with van der Waals surface area (Å²) in [6.45, 7) is 9.19. The fourth-order valence-electron chi connectivity index (χ4n) is 2.89. The Bertz CT molecular complexity index is 364. The zero-order chi connectivity index (χ0) is 12.5. The number of benzene rings is 1. The molecule has 17 heavy (non-hydrogen) atoms. The average molecular weight is 231 g/mol. The summed E-state index contributed by atoms with van der Waals surface area (Å²) in [7, 11) is 0. The minimum absolute atomic E-state index is 0.456. The topological polar surface area (TPSA) is 12.0 Å². The molecule has 0 radical (unpaired) electrons. The first-order valence-electron chi connectivity index (χ1n) is 6.82. The Morgan fingerprint density at radius 3 is 2.41 bits per heavy atom. The molecule has 0 aliphatic heterocycles. The lowest BCUT2D eigenvalue weighted by Crippen LogP contribution is -2.39. The van der Waals surface area contributed by atoms with E-state index in [-0.39, 0.29) is 0 Å². The Kier molecular flexibility index (Phi) is 3.58. The molecule has 2 atom stereocenters. The fraction of sp³-hybridized carbons (Fsp3) is 0.625. The number of aryl methyl sites for hydroxylation is 1. The maximum absolute atomic E-state index is 3.80. The van der Waals surface area contributed by atoms with Crippen molar-refractivity contribution in [2.24, 2.45) is 5.41 Å². The Hall–Kier alpha value is -0.820. The van der Waals surface area contributed by atoms with Crippen molar-refractivity contribution in [3.63, 3.8) is 0 Å². The van der Waals surface area contributed by atoms with E-state index in [0.29, 0.717) is 17.5 Å². The first kappa shape index (κ1) is 12.6. The van der Waals surface area contributed by atoms with Crippen molar-refractivity contribution in [3.8, 4) is 0 Å². The second-order valence-electron chi connectivity index (χ2n) is 6.23. The van der Waals surface area contributed by atoms with Gasteiger partial charge in [0.15, 0.2) is 0 Å². The first-order chi connectivity index (χ1) is 7.99. The third-order valence-corrected chi connectivity index (χ3v) is 4.29. The van der Waals surface area contributed by atoms with E-state index in [1.165, 1.54) is 30.4 Å². The maximum atomic E-state index is 3.80. The van der Waals surface area contributed by atoms with Crippen LogP contribution in [0.5, 0.6) is 0 Å². The molecule has 0 saturated heterocycles. The Morgan fingerprint density at radius 2 is 1.88 bits per heavy atom. The minimum atomic E-state index is 0.456. The van der Waals surface area contributed by atoms with Gasteiger partial charge in [-0.05, 0) is 37.7 Å². The average Bonchev–Trinajstić information content (AvgIpc) is 2.59. The van der Waals surface area contributed by atoms with Gasteiger partial charge in [-0.25, -0.2) is 0 Å². The van der Waals surface area contributed by atoms with Crippen LogP contribution in [-0.2, 0) is 0 Å². The lowest BCUT2D eigenvalue weighted by atomic mass is 9.86. The quantitative estimate of drug-likeness (QED) is 0.821. The third-order valence-electron chi connectivity index (χ3n) is 4.29. The molecule has 1 N–H and O–H groups in total. The van der Waals surface area contributed by atoms with Crippen molar-refractivity contribution in [3.05, 3.63) is 35.4 Å². The van der Waals surface area contributed by atoms with E-state index in [9.17, 15) is 0 Å². The van der Waals surface area contributed by atoms with E-state index < -0.39 is 0 Å². The SMILES string of the molecule is Cc1ccc(C(C)NC2CCCC2(C)C)cc1. The highest BCUT2D eigenvalue weighted by Gasteiger charge is 2.34. The first-order valence-corrected chi connectivity index (χ1v) is 6.82. The summed E-state index contributed by atoms with van der Waals surface area (Å²) in [6, 6.07) is 10.0. The van der Waals surface area contributed by atoms with Crippen LogP contribution in [-0.4, -0.2) is 6.04 Å². The molecule has 2 unspecified atom stereocenters. The van der Waals surface area contributed by atoms with E-state index in [4.69, 9.17) is 0 Å². The largest absolute Gasteiger partial charge is 0.307 e. The molecule has 0 heterocycles. The molecule has 0 bridgehead atoms. The van der Waals surface area contributed by atoms with Gasteiger partial charge in [0.05, 0.1) is 0 Å². The zero-order valence-corrected chi connectivity index (χ0v) is 11.6. The number of hydrogen-bond donors (Lipinski definition) is 1. The second-order valence-corrected chi connectivity index (χ2v) is 6.23. The smallest absolute Gasteiger partial charge is 0.0294 e. The van der Waals surface area contributed by atoms with Gasteiger partial charge in [0.25, 0.3) is 0 Å². The third kappa shape index (κ3) is 2.90. The van der Waals surface area contributed by atoms with Crippen molar-refractivity contribution in [1.29, 1.82) is 0 Å². The molecule has 1 aromatic rings. The van der Waals surface area contributed by atoms with Gasteiger partial charge in [-0.15, -0.1) is 0 Å². The molecule has 94 valence electrons. The predicted octanol–water partition coefficient (Wildman–Crippen LogP) is 4.22. The molecular weight excluding hydrogens is 206 g/mol. The van der Waals surface area contributed by atoms with Crippen molar-refractivity contribution in [2.45, 2.75) is 59.0 Å². The zero-order valence-electron chi connectivity index (χ0n) is 11.6. The van der Waals surface area contributed by atoms with Gasteiger partial charge < -0.3 is 5.32 Å². The summed E-state index contributed by atoms with van der Waals surface area (Å²) in [5.74, 6) is 0. The second kappa shape index (κ2) is 4.81. The van der Waals surface area contributed by atoms with E-state index >= 15 is 0 Å². The van der Waals surface area contributed by atoms with Crippen LogP contribution in [0.3, 0.4) is 0 Å². The molecule has 2 rings (SSSR count). The molecule has 1 fully saturated rings. The van der Waals surface area contributed by atoms with E-state index in [2.05, 4.69) is 57.3 Å². The highest BCUT2D eigenvalue weighted by molar-refractivity contribution is 5.23. The molecule has 1 nitrogen and oxygen atoms in total. The molecule has 0 amide bonds. The monoisotopic (exact) mass is 231 g/mol. The molecule has 1 aliphatic rings. The molecule has 1 heteroatoms. The van der Waals surface area contributed by atoms with E-state index in [0.717, 1.165) is 0 Å². The van der Waals surface area contributed by atoms with Gasteiger partial charge in [0.1, 0.15) is 0 Å². The predicted molar refractivity (Wildman–Crippen MR) is 74.1 cm³/mol. The standard InChI is InChI=1S/C16H25N/c1-12-7-9-14(10-8-12)13(2)17-15-6-5-11-16(15,3)4/h7-10,13,15,17H,5-6,11H2,1-4H3. The summed E-state index contributed by atoms with van der Waals surface area (Å²) in [6.07, 6.45) is 4.04. The highest BCUT2D eigenvalue weighted by Crippen LogP contribution is 2.38. The van der Waals surface area contributed by atoms with Gasteiger partial charge in [0, 0.05) is 12.1 Å². The maximum Gasteiger partial charge on any atom is 0.0294 e. The summed E-state index contributed by atoms with van der Waals surface area (Å²) >= 11 is 0. The number of nitrogens with one attached hydrogen (secondary N) is 1. The summed E-state index contributed by atoms with van der Waals surface area (Å²) < 4.78 is 0. The van der Waals surface area contributed by atoms with Crippen LogP contribution in [0, 0.1) is 12.3 Å². The van der Waals surface area contributed by atoms with Crippen LogP contribution in [0.2, 0.25) is 0 Å². The van der Waals surface area contributed by atoms with Crippen molar-refractivity contribution >= 4 is 0 Å². The van der Waals surface area contributed by atoms with Crippen LogP contribution in [0.25, 0.3) is 0 Å². The van der Waals surface area contributed by atoms with Crippen LogP contribution in [0.4, 0.5) is 0 Å². The van der Waals surface area contributed by atoms with Gasteiger partial charge in [-0.2, -0.15) is 0 Å². The number of rotatable bonds is 3. The molecule has 1 aromatic carbocycles. The van der Waals surface area contributed by atoms with E-state index in [1.807, 2.05) is 0 Å². The summed E-state index contributed by atoms with van der Waals surface area (Å²) in [5, 5.41) is 3.80. The summed E-state index contributed by atoms with van der Waals surface area (Å²) in [4.78, 5) is 0. The molecule has 1 aliphatic carbocycles. The van der Waals surface area contributed by atoms with E-state index in [1.54, 1.807) is 0 Å². The van der Waals surface area contributed by atoms with Crippen molar-refractivity contribution in [1.82, 2.24) is 5.32 Å². The van der Waals surface area contributed by atoms with Crippen LogP contribution < -0.4 is 5.32 Å². The number of hydrogen-bond acceptors (Lipinski definition) is 1. The Labute approximate surface area is 106 Å². The molecular formula is C16H25N. The highest BCUT2D eigenvalue weighted by atomic mass is 15.0. The van der Waals surface area contributed by atoms with Crippen molar-refractivity contribution < 1.29 is 0 Å². The Morgan fingerprint density at radius 1 is 1.24 bits per heavy atom. The Balaban J connectivity index is 2.01. The van der Waals surface area contributed by atoms with Crippen LogP contribution in [0.1, 0.15) is 57.2 Å². The lowest BCUT2D eigenvalue weighted by Gasteiger charge is -2.31. The van der Waals surface area contributed by atoms with Gasteiger partial charge in [0.2, 0.25) is 0 Å². The minimum Gasteiger partial charge on any atom is -0.307 e. The van der Waals surface area contributed by atoms with Crippen molar-refractivity contribution in [2.75, 3.05) is 0 Å². The normalized spacial score (nSPS) is 24.8. The van der Waals surface area contributed by atoms with Crippen LogP contribution >= 0.6 is 0 Å². The molecule has 1 saturated carbocycles. The lowest BCUT2D eigenvalue weighted by molar-refractivity contribution is 0.266. The summed E-state index contributed by atoms with van der Waals surface area (Å²) in [5.41, 5.74) is 3.19. The van der Waals surface area contributed by atoms with Gasteiger partial charge >= 0.3 is 0 Å². The van der Waals surface area contributed by atoms with Crippen LogP contribution in [0.15, 0.2) is 24.3 Å². The fourth-order valence-corrected chi connectivity index (χ4v) is 2.89. The van der Waals surface area contributed by atoms with Gasteiger partial charge in [-0.3, -0.25) is 0 Å². The molecule has 0 aromatic heterocycles. The molecule has 0 spiro atoms.